The number of rotatable bonds is 2. The van der Waals surface area contributed by atoms with Gasteiger partial charge in [0, 0.05) is 0 Å². The third-order valence-electron chi connectivity index (χ3n) is 3.90. The van der Waals surface area contributed by atoms with Gasteiger partial charge in [-0.15, -0.1) is 0 Å². The predicted molar refractivity (Wildman–Crippen MR) is 65.8 cm³/mol. The highest BCUT2D eigenvalue weighted by molar-refractivity contribution is 4.91. The minimum atomic E-state index is -1.57. The molecule has 0 saturated carbocycles. The van der Waals surface area contributed by atoms with Gasteiger partial charge in [-0.3, -0.25) is 0 Å². The molecule has 124 valence electrons. The van der Waals surface area contributed by atoms with Crippen molar-refractivity contribution < 1.29 is 44.8 Å². The summed E-state index contributed by atoms with van der Waals surface area (Å²) in [5.74, 6) is 0. The first-order valence-electron chi connectivity index (χ1n) is 6.78. The van der Waals surface area contributed by atoms with E-state index in [0.717, 1.165) is 0 Å². The van der Waals surface area contributed by atoms with E-state index in [-0.39, 0.29) is 0 Å². The van der Waals surface area contributed by atoms with Crippen LogP contribution >= 0.6 is 0 Å². The van der Waals surface area contributed by atoms with Gasteiger partial charge in [-0.05, 0) is 13.8 Å². The molecular formula is C12H22O9. The maximum Gasteiger partial charge on any atom is 0.187 e. The highest BCUT2D eigenvalue weighted by Gasteiger charge is 2.48. The van der Waals surface area contributed by atoms with Crippen molar-refractivity contribution in [1.29, 1.82) is 0 Å². The number of ether oxygens (including phenoxy) is 3. The normalized spacial score (nSPS) is 55.4. The maximum absolute atomic E-state index is 9.91. The molecule has 0 aliphatic carbocycles. The topological polar surface area (TPSA) is 149 Å². The van der Waals surface area contributed by atoms with Crippen molar-refractivity contribution in [2.24, 2.45) is 0 Å². The van der Waals surface area contributed by atoms with E-state index in [0.29, 0.717) is 0 Å². The van der Waals surface area contributed by atoms with Crippen LogP contribution in [0.2, 0.25) is 0 Å². The van der Waals surface area contributed by atoms with Crippen molar-refractivity contribution in [2.75, 3.05) is 0 Å². The molecule has 21 heavy (non-hydrogen) atoms. The van der Waals surface area contributed by atoms with E-state index in [9.17, 15) is 30.6 Å². The van der Waals surface area contributed by atoms with Crippen LogP contribution in [-0.4, -0.2) is 92.1 Å². The zero-order chi connectivity index (χ0) is 15.9. The number of hydrogen-bond acceptors (Lipinski definition) is 9. The molecule has 0 aromatic carbocycles. The second-order valence-electron chi connectivity index (χ2n) is 5.50. The van der Waals surface area contributed by atoms with Crippen molar-refractivity contribution in [1.82, 2.24) is 0 Å². The highest BCUT2D eigenvalue weighted by Crippen LogP contribution is 2.28. The van der Waals surface area contributed by atoms with Gasteiger partial charge >= 0.3 is 0 Å². The molecule has 0 bridgehead atoms. The highest BCUT2D eigenvalue weighted by atomic mass is 16.7. The van der Waals surface area contributed by atoms with Crippen molar-refractivity contribution in [3.63, 3.8) is 0 Å². The fourth-order valence-electron chi connectivity index (χ4n) is 2.49. The fourth-order valence-corrected chi connectivity index (χ4v) is 2.49. The van der Waals surface area contributed by atoms with Crippen LogP contribution in [0.25, 0.3) is 0 Å². The molecule has 6 N–H and O–H groups in total. The van der Waals surface area contributed by atoms with Crippen molar-refractivity contribution in [2.45, 2.75) is 75.3 Å². The van der Waals surface area contributed by atoms with E-state index >= 15 is 0 Å². The lowest BCUT2D eigenvalue weighted by Gasteiger charge is -2.44. The lowest BCUT2D eigenvalue weighted by atomic mass is 9.98. The van der Waals surface area contributed by atoms with Gasteiger partial charge in [-0.2, -0.15) is 0 Å². The molecule has 2 aliphatic heterocycles. The Bertz CT molecular complexity index is 354. The monoisotopic (exact) mass is 310 g/mol. The van der Waals surface area contributed by atoms with Gasteiger partial charge in [0.2, 0.25) is 0 Å². The summed E-state index contributed by atoms with van der Waals surface area (Å²) in [6.07, 6.45) is -12.8. The van der Waals surface area contributed by atoms with Crippen LogP contribution in [-0.2, 0) is 14.2 Å². The van der Waals surface area contributed by atoms with E-state index in [2.05, 4.69) is 0 Å². The fraction of sp³-hybridized carbons (Fsp3) is 1.00. The average Bonchev–Trinajstić information content (AvgIpc) is 2.44. The Labute approximate surface area is 121 Å². The van der Waals surface area contributed by atoms with Gasteiger partial charge in [-0.1, -0.05) is 0 Å². The molecule has 0 aromatic rings. The quantitative estimate of drug-likeness (QED) is 0.308. The lowest BCUT2D eigenvalue weighted by molar-refractivity contribution is -0.348. The standard InChI is InChI=1S/C12H22O9/c1-3-5(13)6(14)9(17)12(20-3)21-10-4(2)19-11(18)8(16)7(10)15/h3-18H,1-2H3/t3-,4-,5-,6+,7-,8-,9-,10-,11-,12+/m0/s1. The average molecular weight is 310 g/mol. The van der Waals surface area contributed by atoms with Crippen molar-refractivity contribution in [3.8, 4) is 0 Å². The van der Waals surface area contributed by atoms with Crippen LogP contribution in [0.3, 0.4) is 0 Å². The van der Waals surface area contributed by atoms with Gasteiger partial charge in [0.1, 0.15) is 36.6 Å². The molecule has 2 fully saturated rings. The largest absolute Gasteiger partial charge is 0.388 e. The summed E-state index contributed by atoms with van der Waals surface area (Å²) in [7, 11) is 0. The van der Waals surface area contributed by atoms with E-state index in [1.54, 1.807) is 0 Å². The molecule has 0 radical (unpaired) electrons. The van der Waals surface area contributed by atoms with Crippen LogP contribution < -0.4 is 0 Å². The summed E-state index contributed by atoms with van der Waals surface area (Å²) in [4.78, 5) is 0. The van der Waals surface area contributed by atoms with Crippen LogP contribution in [0.15, 0.2) is 0 Å². The zero-order valence-corrected chi connectivity index (χ0v) is 11.7. The minimum Gasteiger partial charge on any atom is -0.388 e. The maximum atomic E-state index is 9.91. The Kier molecular flexibility index (Phi) is 5.19. The van der Waals surface area contributed by atoms with Gasteiger partial charge in [0.25, 0.3) is 0 Å². The van der Waals surface area contributed by atoms with Gasteiger partial charge < -0.3 is 44.8 Å². The molecule has 0 unspecified atom stereocenters. The van der Waals surface area contributed by atoms with E-state index in [1.165, 1.54) is 13.8 Å². The molecule has 2 aliphatic rings. The number of hydrogen-bond donors (Lipinski definition) is 6. The zero-order valence-electron chi connectivity index (χ0n) is 11.7. The van der Waals surface area contributed by atoms with Crippen LogP contribution in [0.1, 0.15) is 13.8 Å². The second-order valence-corrected chi connectivity index (χ2v) is 5.50. The molecule has 0 aromatic heterocycles. The van der Waals surface area contributed by atoms with Crippen molar-refractivity contribution in [3.05, 3.63) is 0 Å². The minimum absolute atomic E-state index is 0.784. The molecule has 9 nitrogen and oxygen atoms in total. The molecular weight excluding hydrogens is 288 g/mol. The van der Waals surface area contributed by atoms with Crippen LogP contribution in [0.5, 0.6) is 0 Å². The smallest absolute Gasteiger partial charge is 0.187 e. The molecule has 0 amide bonds. The first-order chi connectivity index (χ1) is 9.73. The molecule has 9 heteroatoms. The van der Waals surface area contributed by atoms with E-state index in [4.69, 9.17) is 14.2 Å². The summed E-state index contributed by atoms with van der Waals surface area (Å²) in [6.45, 7) is 3.00. The summed E-state index contributed by atoms with van der Waals surface area (Å²) in [5.41, 5.74) is 0. The predicted octanol–water partition coefficient (Wildman–Crippen LogP) is -3.34. The third kappa shape index (κ3) is 3.21. The number of aliphatic hydroxyl groups is 6. The Morgan fingerprint density at radius 1 is 0.667 bits per heavy atom. The summed E-state index contributed by atoms with van der Waals surface area (Å²) in [6, 6.07) is 0. The van der Waals surface area contributed by atoms with Crippen LogP contribution in [0.4, 0.5) is 0 Å². The first kappa shape index (κ1) is 17.0. The SMILES string of the molecule is C[C@@H]1O[C@H](O[C@@H]2[C@@H](O)[C@H](O)[C@@H](O)O[C@H]2C)[C@@H](O)[C@H](O)[C@H]1O. The Morgan fingerprint density at radius 2 is 1.29 bits per heavy atom. The number of aliphatic hydroxyl groups excluding tert-OH is 6. The Balaban J connectivity index is 2.06. The van der Waals surface area contributed by atoms with Gasteiger partial charge in [0.05, 0.1) is 12.2 Å². The molecule has 2 rings (SSSR count). The summed E-state index contributed by atoms with van der Waals surface area (Å²) in [5, 5.41) is 58.0. The Hall–Kier alpha value is -0.360. The summed E-state index contributed by atoms with van der Waals surface area (Å²) < 4.78 is 15.6. The van der Waals surface area contributed by atoms with Gasteiger partial charge in [0.15, 0.2) is 12.6 Å². The van der Waals surface area contributed by atoms with Crippen molar-refractivity contribution >= 4 is 0 Å². The van der Waals surface area contributed by atoms with E-state index in [1.807, 2.05) is 0 Å². The molecule has 2 saturated heterocycles. The summed E-state index contributed by atoms with van der Waals surface area (Å²) >= 11 is 0. The van der Waals surface area contributed by atoms with E-state index < -0.39 is 61.4 Å². The molecule has 0 spiro atoms. The van der Waals surface area contributed by atoms with Gasteiger partial charge in [-0.25, -0.2) is 0 Å². The van der Waals surface area contributed by atoms with Crippen LogP contribution in [0, 0.1) is 0 Å². The molecule has 10 atom stereocenters. The third-order valence-corrected chi connectivity index (χ3v) is 3.90. The molecule has 2 heterocycles. The second kappa shape index (κ2) is 6.41. The first-order valence-corrected chi connectivity index (χ1v) is 6.78. The lowest BCUT2D eigenvalue weighted by Crippen LogP contribution is -2.62. The Morgan fingerprint density at radius 3 is 1.90 bits per heavy atom.